The lowest BCUT2D eigenvalue weighted by Gasteiger charge is -2.09. The number of hydrogen-bond acceptors (Lipinski definition) is 4. The Kier molecular flexibility index (Phi) is 3.93. The molecule has 104 valence electrons. The number of hydrogen-bond donors (Lipinski definition) is 0. The van der Waals surface area contributed by atoms with Gasteiger partial charge in [0.25, 0.3) is 0 Å². The van der Waals surface area contributed by atoms with E-state index in [1.54, 1.807) is 6.92 Å². The van der Waals surface area contributed by atoms with Crippen LogP contribution in [0.2, 0.25) is 0 Å². The predicted octanol–water partition coefficient (Wildman–Crippen LogP) is 1.72. The van der Waals surface area contributed by atoms with Crippen molar-refractivity contribution < 1.29 is 13.9 Å². The molecular formula is C14H13FN2O3. The van der Waals surface area contributed by atoms with Gasteiger partial charge in [-0.15, -0.1) is 0 Å². The van der Waals surface area contributed by atoms with Gasteiger partial charge in [-0.3, -0.25) is 4.79 Å². The van der Waals surface area contributed by atoms with Gasteiger partial charge in [0.1, 0.15) is 5.82 Å². The Balaban J connectivity index is 2.62. The average molecular weight is 276 g/mol. The Hall–Kier alpha value is -2.50. The monoisotopic (exact) mass is 276 g/mol. The van der Waals surface area contributed by atoms with Gasteiger partial charge >= 0.3 is 5.97 Å². The Morgan fingerprint density at radius 3 is 2.55 bits per heavy atom. The molecule has 2 aromatic rings. The number of benzene rings is 1. The summed E-state index contributed by atoms with van der Waals surface area (Å²) in [6.45, 7) is 1.80. The van der Waals surface area contributed by atoms with Crippen LogP contribution in [0.5, 0.6) is 0 Å². The van der Waals surface area contributed by atoms with Crippen LogP contribution in [0.15, 0.2) is 35.3 Å². The fraction of sp³-hybridized carbons (Fsp3) is 0.214. The van der Waals surface area contributed by atoms with Crippen LogP contribution in [0.25, 0.3) is 5.69 Å². The Labute approximate surface area is 114 Å². The van der Waals surface area contributed by atoms with Gasteiger partial charge in [0.05, 0.1) is 12.8 Å². The van der Waals surface area contributed by atoms with E-state index in [1.165, 1.54) is 42.3 Å². The highest BCUT2D eigenvalue weighted by atomic mass is 19.1. The molecule has 0 bridgehead atoms. The third kappa shape index (κ3) is 2.59. The Bertz CT molecular complexity index is 693. The van der Waals surface area contributed by atoms with E-state index in [1.807, 2.05) is 0 Å². The van der Waals surface area contributed by atoms with E-state index in [4.69, 9.17) is 0 Å². The molecule has 0 spiro atoms. The van der Waals surface area contributed by atoms with Gasteiger partial charge in [0.15, 0.2) is 0 Å². The number of aryl methyl sites for hydroxylation is 1. The van der Waals surface area contributed by atoms with Crippen molar-refractivity contribution in [2.24, 2.45) is 0 Å². The van der Waals surface area contributed by atoms with E-state index in [2.05, 4.69) is 9.84 Å². The van der Waals surface area contributed by atoms with Gasteiger partial charge in [-0.2, -0.15) is 5.10 Å². The summed E-state index contributed by atoms with van der Waals surface area (Å²) in [5, 5.41) is 3.96. The summed E-state index contributed by atoms with van der Waals surface area (Å²) in [5.41, 5.74) is 0.255. The highest BCUT2D eigenvalue weighted by Gasteiger charge is 2.17. The number of nitrogens with zero attached hydrogens (tertiary/aromatic N) is 2. The van der Waals surface area contributed by atoms with Crippen LogP contribution in [-0.2, 0) is 11.2 Å². The van der Waals surface area contributed by atoms with E-state index in [0.29, 0.717) is 17.7 Å². The van der Waals surface area contributed by atoms with Crippen molar-refractivity contribution in [1.82, 2.24) is 9.78 Å². The maximum atomic E-state index is 12.9. The van der Waals surface area contributed by atoms with Crippen LogP contribution in [-0.4, -0.2) is 22.9 Å². The summed E-state index contributed by atoms with van der Waals surface area (Å²) >= 11 is 0. The second-order valence-electron chi connectivity index (χ2n) is 4.10. The summed E-state index contributed by atoms with van der Waals surface area (Å²) in [4.78, 5) is 23.6. The second kappa shape index (κ2) is 5.64. The molecule has 1 heterocycles. The minimum atomic E-state index is -0.791. The van der Waals surface area contributed by atoms with Crippen molar-refractivity contribution in [3.05, 3.63) is 57.8 Å². The molecule has 5 nitrogen and oxygen atoms in total. The van der Waals surface area contributed by atoms with Gasteiger partial charge in [-0.1, -0.05) is 6.92 Å². The molecule has 0 aliphatic rings. The molecule has 0 atom stereocenters. The van der Waals surface area contributed by atoms with Crippen molar-refractivity contribution in [2.75, 3.05) is 7.11 Å². The van der Waals surface area contributed by atoms with Crippen LogP contribution >= 0.6 is 0 Å². The molecule has 0 unspecified atom stereocenters. The molecule has 6 heteroatoms. The number of rotatable bonds is 3. The van der Waals surface area contributed by atoms with Crippen LogP contribution in [0.4, 0.5) is 4.39 Å². The zero-order valence-corrected chi connectivity index (χ0v) is 11.1. The van der Waals surface area contributed by atoms with Crippen LogP contribution < -0.4 is 5.43 Å². The van der Waals surface area contributed by atoms with Crippen molar-refractivity contribution in [3.8, 4) is 5.69 Å². The van der Waals surface area contributed by atoms with Crippen molar-refractivity contribution in [2.45, 2.75) is 13.3 Å². The van der Waals surface area contributed by atoms with Crippen LogP contribution in [0.3, 0.4) is 0 Å². The maximum Gasteiger partial charge on any atom is 0.362 e. The van der Waals surface area contributed by atoms with E-state index in [9.17, 15) is 14.0 Å². The molecule has 0 fully saturated rings. The first-order valence-corrected chi connectivity index (χ1v) is 6.04. The maximum absolute atomic E-state index is 12.9. The molecule has 0 aliphatic heterocycles. The zero-order chi connectivity index (χ0) is 14.7. The highest BCUT2D eigenvalue weighted by Crippen LogP contribution is 2.09. The molecule has 0 aliphatic carbocycles. The smallest absolute Gasteiger partial charge is 0.362 e. The molecule has 0 N–H and O–H groups in total. The van der Waals surface area contributed by atoms with E-state index >= 15 is 0 Å². The zero-order valence-electron chi connectivity index (χ0n) is 11.1. The predicted molar refractivity (Wildman–Crippen MR) is 70.5 cm³/mol. The van der Waals surface area contributed by atoms with Crippen molar-refractivity contribution >= 4 is 5.97 Å². The number of halogens is 1. The Morgan fingerprint density at radius 2 is 2.00 bits per heavy atom. The molecule has 20 heavy (non-hydrogen) atoms. The third-order valence-electron chi connectivity index (χ3n) is 2.84. The SMILES string of the molecule is CCc1cn(-c2ccc(F)cc2)nc(C(=O)OC)c1=O. The Morgan fingerprint density at radius 1 is 1.35 bits per heavy atom. The summed E-state index contributed by atoms with van der Waals surface area (Å²) in [7, 11) is 1.18. The van der Waals surface area contributed by atoms with Crippen molar-refractivity contribution in [1.29, 1.82) is 0 Å². The standard InChI is InChI=1S/C14H13FN2O3/c1-3-9-8-17(11-6-4-10(15)5-7-11)16-12(13(9)18)14(19)20-2/h4-8H,3H2,1-2H3. The minimum Gasteiger partial charge on any atom is -0.464 e. The molecule has 1 aromatic carbocycles. The lowest BCUT2D eigenvalue weighted by molar-refractivity contribution is 0.0590. The van der Waals surface area contributed by atoms with Gasteiger partial charge in [-0.25, -0.2) is 13.9 Å². The molecule has 2 rings (SSSR count). The minimum absolute atomic E-state index is 0.281. The molecular weight excluding hydrogens is 263 g/mol. The number of ether oxygens (including phenoxy) is 1. The number of methoxy groups -OCH3 is 1. The molecule has 1 aromatic heterocycles. The fourth-order valence-electron chi connectivity index (χ4n) is 1.75. The third-order valence-corrected chi connectivity index (χ3v) is 2.84. The number of carbonyl (C=O) groups is 1. The lowest BCUT2D eigenvalue weighted by atomic mass is 10.2. The first kappa shape index (κ1) is 13.9. The largest absolute Gasteiger partial charge is 0.464 e. The van der Waals surface area contributed by atoms with Crippen LogP contribution in [0, 0.1) is 5.82 Å². The molecule has 0 radical (unpaired) electrons. The highest BCUT2D eigenvalue weighted by molar-refractivity contribution is 5.87. The topological polar surface area (TPSA) is 61.2 Å². The fourth-order valence-corrected chi connectivity index (χ4v) is 1.75. The van der Waals surface area contributed by atoms with Gasteiger partial charge in [0, 0.05) is 11.8 Å². The molecule has 0 saturated carbocycles. The summed E-state index contributed by atoms with van der Waals surface area (Å²) in [6.07, 6.45) is 1.98. The normalized spacial score (nSPS) is 10.3. The van der Waals surface area contributed by atoms with E-state index in [-0.39, 0.29) is 11.5 Å². The van der Waals surface area contributed by atoms with Crippen LogP contribution in [0.1, 0.15) is 23.0 Å². The summed E-state index contributed by atoms with van der Waals surface area (Å²) in [6, 6.07) is 5.57. The quantitative estimate of drug-likeness (QED) is 0.801. The van der Waals surface area contributed by atoms with Crippen molar-refractivity contribution in [3.63, 3.8) is 0 Å². The first-order chi connectivity index (χ1) is 9.56. The van der Waals surface area contributed by atoms with E-state index < -0.39 is 11.4 Å². The summed E-state index contributed by atoms with van der Waals surface area (Å²) in [5.74, 6) is -1.17. The number of esters is 1. The first-order valence-electron chi connectivity index (χ1n) is 6.04. The average Bonchev–Trinajstić information content (AvgIpc) is 2.47. The number of carbonyl (C=O) groups excluding carboxylic acids is 1. The second-order valence-corrected chi connectivity index (χ2v) is 4.10. The molecule has 0 saturated heterocycles. The van der Waals surface area contributed by atoms with E-state index in [0.717, 1.165) is 0 Å². The summed E-state index contributed by atoms with van der Waals surface area (Å²) < 4.78 is 18.8. The molecule has 0 amide bonds. The van der Waals surface area contributed by atoms with Gasteiger partial charge in [-0.05, 0) is 30.7 Å². The van der Waals surface area contributed by atoms with Gasteiger partial charge < -0.3 is 4.74 Å². The van der Waals surface area contributed by atoms with Gasteiger partial charge in [0.2, 0.25) is 11.1 Å². The lowest BCUT2D eigenvalue weighted by Crippen LogP contribution is -2.25. The number of aromatic nitrogens is 2.